The van der Waals surface area contributed by atoms with Crippen LogP contribution in [0.4, 0.5) is 5.82 Å². The van der Waals surface area contributed by atoms with Crippen molar-refractivity contribution in [1.29, 1.82) is 0 Å². The van der Waals surface area contributed by atoms with Crippen LogP contribution in [0.15, 0.2) is 30.3 Å². The number of nitrogens with one attached hydrogen (secondary N) is 1. The van der Waals surface area contributed by atoms with Gasteiger partial charge in [0.15, 0.2) is 0 Å². The molecule has 0 radical (unpaired) electrons. The van der Waals surface area contributed by atoms with Crippen molar-refractivity contribution < 1.29 is 19.4 Å². The third-order valence-electron chi connectivity index (χ3n) is 9.24. The molecule has 220 valence electrons. The van der Waals surface area contributed by atoms with Gasteiger partial charge in [-0.05, 0) is 62.5 Å². The molecule has 2 saturated heterocycles. The third kappa shape index (κ3) is 6.48. The molecule has 10 nitrogen and oxygen atoms in total. The molecule has 1 aromatic carbocycles. The van der Waals surface area contributed by atoms with E-state index in [0.29, 0.717) is 37.8 Å². The Bertz CT molecular complexity index is 1240. The number of likely N-dealkylation sites (tertiary alicyclic amines) is 2. The predicted octanol–water partition coefficient (Wildman–Crippen LogP) is 2.85. The smallest absolute Gasteiger partial charge is 0.291 e. The molecule has 0 unspecified atom stereocenters. The summed E-state index contributed by atoms with van der Waals surface area (Å²) in [6, 6.07) is 10.5. The lowest BCUT2D eigenvalue weighted by Gasteiger charge is -2.43. The van der Waals surface area contributed by atoms with Gasteiger partial charge in [0.1, 0.15) is 11.9 Å². The molecule has 4 aliphatic rings. The van der Waals surface area contributed by atoms with Crippen molar-refractivity contribution in [3.8, 4) is 5.88 Å². The number of rotatable bonds is 6. The van der Waals surface area contributed by atoms with Crippen molar-refractivity contribution >= 4 is 17.6 Å². The molecule has 2 aromatic rings. The number of benzene rings is 1. The summed E-state index contributed by atoms with van der Waals surface area (Å²) >= 11 is 0. The Hall–Kier alpha value is -3.24. The summed E-state index contributed by atoms with van der Waals surface area (Å²) in [5.41, 5.74) is 2.71. The minimum Gasteiger partial charge on any atom is -0.474 e. The second-order valence-corrected chi connectivity index (χ2v) is 12.0. The van der Waals surface area contributed by atoms with Gasteiger partial charge in [0.25, 0.3) is 5.91 Å². The van der Waals surface area contributed by atoms with Gasteiger partial charge in [-0.15, -0.1) is 0 Å². The maximum absolute atomic E-state index is 13.7. The number of fused-ring (bicyclic) bond motifs is 1. The summed E-state index contributed by atoms with van der Waals surface area (Å²) in [7, 11) is 0. The summed E-state index contributed by atoms with van der Waals surface area (Å²) in [6.45, 7) is 5.54. The van der Waals surface area contributed by atoms with E-state index in [0.717, 1.165) is 58.0 Å². The molecule has 2 atom stereocenters. The van der Waals surface area contributed by atoms with Crippen LogP contribution in [-0.4, -0.2) is 98.6 Å². The Kier molecular flexibility index (Phi) is 8.39. The number of aliphatic hydroxyl groups excluding tert-OH is 1. The standard InChI is InChI=1S/C31H42N6O4/c1-21(38)35-15-11-24(12-16-35)32-28-18-29(41-25-8-4-5-9-25)34-30(33-28)31(40)37-17-13-26(27(39)20-37)36-14-10-22-6-2-3-7-23(22)19-36/h2-3,6-7,18,24-27,39H,4-5,8-17,19-20H2,1H3,(H,32,33,34)/t26-,27-/m1/s1. The Morgan fingerprint density at radius 1 is 0.951 bits per heavy atom. The fourth-order valence-electron chi connectivity index (χ4n) is 6.85. The number of carbonyl (C=O) groups excluding carboxylic acids is 2. The van der Waals surface area contributed by atoms with E-state index >= 15 is 0 Å². The van der Waals surface area contributed by atoms with Gasteiger partial charge >= 0.3 is 0 Å². The van der Waals surface area contributed by atoms with Gasteiger partial charge in [-0.2, -0.15) is 4.98 Å². The first-order valence-corrected chi connectivity index (χ1v) is 15.3. The largest absolute Gasteiger partial charge is 0.474 e. The van der Waals surface area contributed by atoms with Gasteiger partial charge in [0, 0.05) is 64.3 Å². The van der Waals surface area contributed by atoms with E-state index in [4.69, 9.17) is 4.74 Å². The van der Waals surface area contributed by atoms with E-state index in [1.807, 2.05) is 4.90 Å². The molecule has 4 heterocycles. The number of hydrogen-bond acceptors (Lipinski definition) is 8. The van der Waals surface area contributed by atoms with Gasteiger partial charge < -0.3 is 25.0 Å². The third-order valence-corrected chi connectivity index (χ3v) is 9.24. The second-order valence-electron chi connectivity index (χ2n) is 12.0. The molecule has 3 fully saturated rings. The highest BCUT2D eigenvalue weighted by molar-refractivity contribution is 5.91. The van der Waals surface area contributed by atoms with Gasteiger partial charge in [-0.25, -0.2) is 4.98 Å². The maximum atomic E-state index is 13.7. The zero-order valence-electron chi connectivity index (χ0n) is 24.0. The second kappa shape index (κ2) is 12.3. The van der Waals surface area contributed by atoms with Crippen LogP contribution in [0.2, 0.25) is 0 Å². The van der Waals surface area contributed by atoms with Crippen LogP contribution in [0.25, 0.3) is 0 Å². The van der Waals surface area contributed by atoms with Crippen LogP contribution in [0.5, 0.6) is 5.88 Å². The molecule has 3 aliphatic heterocycles. The van der Waals surface area contributed by atoms with Gasteiger partial charge in [-0.1, -0.05) is 24.3 Å². The fraction of sp³-hybridized carbons (Fsp3) is 0.613. The first-order chi connectivity index (χ1) is 19.9. The van der Waals surface area contributed by atoms with Crippen LogP contribution >= 0.6 is 0 Å². The lowest BCUT2D eigenvalue weighted by molar-refractivity contribution is -0.129. The molecule has 0 bridgehead atoms. The number of carbonyl (C=O) groups is 2. The highest BCUT2D eigenvalue weighted by atomic mass is 16.5. The molecule has 6 rings (SSSR count). The normalized spacial score (nSPS) is 24.2. The average molecular weight is 563 g/mol. The molecule has 2 amide bonds. The lowest BCUT2D eigenvalue weighted by atomic mass is 9.94. The number of aromatic nitrogens is 2. The van der Waals surface area contributed by atoms with Gasteiger partial charge in [0.2, 0.25) is 17.6 Å². The van der Waals surface area contributed by atoms with Gasteiger partial charge in [-0.3, -0.25) is 14.5 Å². The Balaban J connectivity index is 1.13. The minimum absolute atomic E-state index is 0.0171. The Morgan fingerprint density at radius 3 is 2.41 bits per heavy atom. The van der Waals surface area contributed by atoms with Gasteiger partial charge in [0.05, 0.1) is 6.10 Å². The zero-order chi connectivity index (χ0) is 28.3. The summed E-state index contributed by atoms with van der Waals surface area (Å²) in [4.78, 5) is 40.5. The Labute approximate surface area is 242 Å². The first kappa shape index (κ1) is 27.9. The number of β-amino-alcohol motifs (C(OH)–C–C–N with tert-alkyl or cyclic N) is 1. The van der Waals surface area contributed by atoms with Crippen LogP contribution in [-0.2, 0) is 17.8 Å². The Morgan fingerprint density at radius 2 is 1.68 bits per heavy atom. The topological polar surface area (TPSA) is 111 Å². The molecule has 0 spiro atoms. The quantitative estimate of drug-likeness (QED) is 0.553. The van der Waals surface area contributed by atoms with E-state index in [2.05, 4.69) is 44.5 Å². The number of piperidine rings is 2. The summed E-state index contributed by atoms with van der Waals surface area (Å²) < 4.78 is 6.21. The molecular formula is C31H42N6O4. The van der Waals surface area contributed by atoms with Crippen molar-refractivity contribution in [2.24, 2.45) is 0 Å². The maximum Gasteiger partial charge on any atom is 0.291 e. The summed E-state index contributed by atoms with van der Waals surface area (Å²) in [5, 5.41) is 14.6. The van der Waals surface area contributed by atoms with Crippen LogP contribution in [0, 0.1) is 0 Å². The molecule has 2 N–H and O–H groups in total. The minimum atomic E-state index is -0.639. The van der Waals surface area contributed by atoms with E-state index in [1.165, 1.54) is 11.1 Å². The number of amides is 2. The number of ether oxygens (including phenoxy) is 1. The zero-order valence-corrected chi connectivity index (χ0v) is 24.0. The van der Waals surface area contributed by atoms with Crippen LogP contribution < -0.4 is 10.1 Å². The van der Waals surface area contributed by atoms with E-state index in [1.54, 1.807) is 17.9 Å². The SMILES string of the molecule is CC(=O)N1CCC(Nc2cc(OC3CCCC3)nc(C(=O)N3CC[C@@H](N4CCc5ccccc5C4)[C@H](O)C3)n2)CC1. The van der Waals surface area contributed by atoms with Crippen molar-refractivity contribution in [2.75, 3.05) is 38.0 Å². The van der Waals surface area contributed by atoms with Crippen LogP contribution in [0.3, 0.4) is 0 Å². The van der Waals surface area contributed by atoms with E-state index in [-0.39, 0.29) is 42.4 Å². The van der Waals surface area contributed by atoms with Crippen LogP contribution in [0.1, 0.15) is 73.6 Å². The predicted molar refractivity (Wildman–Crippen MR) is 155 cm³/mol. The molecule has 1 aromatic heterocycles. The number of anilines is 1. The van der Waals surface area contributed by atoms with Crippen molar-refractivity contribution in [1.82, 2.24) is 24.7 Å². The molecule has 1 aliphatic carbocycles. The summed E-state index contributed by atoms with van der Waals surface area (Å²) in [6.07, 6.45) is 7.01. The van der Waals surface area contributed by atoms with E-state index < -0.39 is 6.10 Å². The lowest BCUT2D eigenvalue weighted by Crippen LogP contribution is -2.56. The summed E-state index contributed by atoms with van der Waals surface area (Å²) in [5.74, 6) is 0.905. The number of aliphatic hydroxyl groups is 1. The van der Waals surface area contributed by atoms with Crippen molar-refractivity contribution in [3.63, 3.8) is 0 Å². The molecule has 41 heavy (non-hydrogen) atoms. The molecular weight excluding hydrogens is 520 g/mol. The highest BCUT2D eigenvalue weighted by Gasteiger charge is 2.36. The fourth-order valence-corrected chi connectivity index (χ4v) is 6.85. The molecule has 10 heteroatoms. The number of hydrogen-bond donors (Lipinski definition) is 2. The first-order valence-electron chi connectivity index (χ1n) is 15.3. The van der Waals surface area contributed by atoms with E-state index in [9.17, 15) is 14.7 Å². The average Bonchev–Trinajstić information content (AvgIpc) is 3.49. The van der Waals surface area contributed by atoms with Crippen molar-refractivity contribution in [3.05, 3.63) is 47.3 Å². The number of nitrogens with zero attached hydrogens (tertiary/aromatic N) is 5. The highest BCUT2D eigenvalue weighted by Crippen LogP contribution is 2.28. The van der Waals surface area contributed by atoms with Crippen molar-refractivity contribution in [2.45, 2.75) is 89.1 Å². The molecule has 1 saturated carbocycles. The monoisotopic (exact) mass is 562 g/mol.